The number of amides is 1. The van der Waals surface area contributed by atoms with Crippen LogP contribution in [0, 0.1) is 5.92 Å². The van der Waals surface area contributed by atoms with Gasteiger partial charge in [0, 0.05) is 5.92 Å². The molecule has 0 radical (unpaired) electrons. The summed E-state index contributed by atoms with van der Waals surface area (Å²) in [5.41, 5.74) is 7.39. The lowest BCUT2D eigenvalue weighted by molar-refractivity contribution is -0.122. The third-order valence-electron chi connectivity index (χ3n) is 6.09. The summed E-state index contributed by atoms with van der Waals surface area (Å²) in [7, 11) is 0. The van der Waals surface area contributed by atoms with Gasteiger partial charge < -0.3 is 0 Å². The maximum Gasteiger partial charge on any atom is 0.243 e. The molecule has 3 heteroatoms. The molecule has 0 aliphatic heterocycles. The van der Waals surface area contributed by atoms with Gasteiger partial charge in [-0.25, -0.2) is 5.43 Å². The molecule has 2 aliphatic carbocycles. The molecule has 2 unspecified atom stereocenters. The Morgan fingerprint density at radius 2 is 1.63 bits per heavy atom. The second-order valence-corrected chi connectivity index (χ2v) is 7.99. The topological polar surface area (TPSA) is 41.5 Å². The number of carbonyl (C=O) groups excluding carboxylic acids is 1. The minimum Gasteiger partial charge on any atom is -0.273 e. The van der Waals surface area contributed by atoms with E-state index in [4.69, 9.17) is 0 Å². The molecule has 27 heavy (non-hydrogen) atoms. The zero-order chi connectivity index (χ0) is 18.6. The zero-order valence-electron chi connectivity index (χ0n) is 16.0. The second-order valence-electron chi connectivity index (χ2n) is 7.99. The molecule has 140 valence electrons. The highest BCUT2D eigenvalue weighted by Gasteiger charge is 2.43. The maximum atomic E-state index is 12.4. The molecule has 2 aromatic carbocycles. The van der Waals surface area contributed by atoms with Crippen molar-refractivity contribution in [3.63, 3.8) is 0 Å². The number of nitrogens with zero attached hydrogens (tertiary/aromatic N) is 1. The molecule has 1 N–H and O–H groups in total. The van der Waals surface area contributed by atoms with Crippen LogP contribution in [0.25, 0.3) is 0 Å². The van der Waals surface area contributed by atoms with Crippen molar-refractivity contribution >= 4 is 11.6 Å². The van der Waals surface area contributed by atoms with E-state index in [1.807, 2.05) is 25.1 Å². The Labute approximate surface area is 161 Å². The number of benzene rings is 2. The van der Waals surface area contributed by atoms with Crippen LogP contribution in [0.1, 0.15) is 74.0 Å². The number of rotatable bonds is 5. The van der Waals surface area contributed by atoms with Crippen molar-refractivity contribution in [2.24, 2.45) is 11.0 Å². The third kappa shape index (κ3) is 4.29. The number of hydrogen-bond acceptors (Lipinski definition) is 2. The van der Waals surface area contributed by atoms with Gasteiger partial charge in [-0.2, -0.15) is 5.10 Å². The number of nitrogens with one attached hydrogen (secondary N) is 1. The van der Waals surface area contributed by atoms with Gasteiger partial charge in [-0.05, 0) is 54.7 Å². The molecule has 2 aliphatic rings. The highest BCUT2D eigenvalue weighted by Crippen LogP contribution is 2.47. The van der Waals surface area contributed by atoms with Crippen molar-refractivity contribution in [3.8, 4) is 0 Å². The van der Waals surface area contributed by atoms with E-state index in [0.717, 1.165) is 23.6 Å². The van der Waals surface area contributed by atoms with Crippen LogP contribution >= 0.6 is 0 Å². The van der Waals surface area contributed by atoms with Gasteiger partial charge in [0.05, 0.1) is 5.71 Å². The predicted molar refractivity (Wildman–Crippen MR) is 110 cm³/mol. The van der Waals surface area contributed by atoms with Crippen LogP contribution in [0.3, 0.4) is 0 Å². The van der Waals surface area contributed by atoms with Gasteiger partial charge in [0.2, 0.25) is 5.91 Å². The monoisotopic (exact) mass is 360 g/mol. The van der Waals surface area contributed by atoms with E-state index in [2.05, 4.69) is 46.9 Å². The van der Waals surface area contributed by atoms with Crippen LogP contribution in [0.2, 0.25) is 0 Å². The highest BCUT2D eigenvalue weighted by atomic mass is 16.2. The summed E-state index contributed by atoms with van der Waals surface area (Å²) in [5.74, 6) is 1.14. The van der Waals surface area contributed by atoms with Gasteiger partial charge in [0.1, 0.15) is 0 Å². The fourth-order valence-corrected chi connectivity index (χ4v) is 4.27. The van der Waals surface area contributed by atoms with Gasteiger partial charge >= 0.3 is 0 Å². The molecule has 0 spiro atoms. The van der Waals surface area contributed by atoms with Crippen molar-refractivity contribution in [1.82, 2.24) is 5.43 Å². The molecule has 3 nitrogen and oxygen atoms in total. The number of hydrogen-bond donors (Lipinski definition) is 1. The lowest BCUT2D eigenvalue weighted by Crippen LogP contribution is -2.21. The Hall–Kier alpha value is -2.42. The fourth-order valence-electron chi connectivity index (χ4n) is 4.27. The standard InChI is InChI=1S/C24H28N2O/c1-17(18-12-14-20(15-13-18)19-8-4-2-5-9-19)25-26-24(27)23-16-22(23)21-10-6-3-7-11-21/h3,6-7,10-15,19,22-23H,2,4-5,8-9,16H2,1H3,(H,26,27)/b25-17+. The Morgan fingerprint density at radius 1 is 0.926 bits per heavy atom. The molecule has 0 aromatic heterocycles. The van der Waals surface area contributed by atoms with Crippen molar-refractivity contribution < 1.29 is 4.79 Å². The average Bonchev–Trinajstić information content (AvgIpc) is 3.54. The van der Waals surface area contributed by atoms with Crippen LogP contribution in [-0.2, 0) is 4.79 Å². The van der Waals surface area contributed by atoms with Crippen LogP contribution in [-0.4, -0.2) is 11.6 Å². The van der Waals surface area contributed by atoms with Gasteiger partial charge in [-0.1, -0.05) is 73.9 Å². The highest BCUT2D eigenvalue weighted by molar-refractivity contribution is 5.99. The van der Waals surface area contributed by atoms with Gasteiger partial charge in [-0.15, -0.1) is 0 Å². The van der Waals surface area contributed by atoms with Crippen LogP contribution in [0.4, 0.5) is 0 Å². The zero-order valence-corrected chi connectivity index (χ0v) is 16.0. The first kappa shape index (κ1) is 18.0. The van der Waals surface area contributed by atoms with Crippen molar-refractivity contribution in [1.29, 1.82) is 0 Å². The second kappa shape index (κ2) is 8.08. The lowest BCUT2D eigenvalue weighted by Gasteiger charge is -2.22. The SMILES string of the molecule is C/C(=N\NC(=O)C1CC1c1ccccc1)c1ccc(C2CCCCC2)cc1. The van der Waals surface area contributed by atoms with Crippen molar-refractivity contribution in [2.45, 2.75) is 57.3 Å². The molecule has 2 atom stereocenters. The Morgan fingerprint density at radius 3 is 2.33 bits per heavy atom. The fraction of sp³-hybridized carbons (Fsp3) is 0.417. The summed E-state index contributed by atoms with van der Waals surface area (Å²) >= 11 is 0. The first-order chi connectivity index (χ1) is 13.2. The summed E-state index contributed by atoms with van der Waals surface area (Å²) in [6, 6.07) is 19.0. The summed E-state index contributed by atoms with van der Waals surface area (Å²) in [4.78, 5) is 12.4. The Kier molecular flexibility index (Phi) is 5.38. The summed E-state index contributed by atoms with van der Waals surface area (Å²) in [6.45, 7) is 1.96. The van der Waals surface area contributed by atoms with E-state index >= 15 is 0 Å². The van der Waals surface area contributed by atoms with Gasteiger partial charge in [0.15, 0.2) is 0 Å². The van der Waals surface area contributed by atoms with E-state index in [0.29, 0.717) is 5.92 Å². The smallest absolute Gasteiger partial charge is 0.243 e. The first-order valence-electron chi connectivity index (χ1n) is 10.2. The van der Waals surface area contributed by atoms with E-state index in [1.165, 1.54) is 43.2 Å². The molecule has 0 heterocycles. The van der Waals surface area contributed by atoms with E-state index in [1.54, 1.807) is 0 Å². The third-order valence-corrected chi connectivity index (χ3v) is 6.09. The number of hydrazone groups is 1. The van der Waals surface area contributed by atoms with E-state index < -0.39 is 0 Å². The summed E-state index contributed by atoms with van der Waals surface area (Å²) in [6.07, 6.45) is 7.62. The van der Waals surface area contributed by atoms with E-state index in [9.17, 15) is 4.79 Å². The van der Waals surface area contributed by atoms with Gasteiger partial charge in [0.25, 0.3) is 0 Å². The lowest BCUT2D eigenvalue weighted by atomic mass is 9.84. The number of carbonyl (C=O) groups is 1. The maximum absolute atomic E-state index is 12.4. The molecule has 2 fully saturated rings. The predicted octanol–water partition coefficient (Wildman–Crippen LogP) is 5.38. The molecular formula is C24H28N2O. The minimum absolute atomic E-state index is 0.0297. The molecule has 0 saturated heterocycles. The van der Waals surface area contributed by atoms with Crippen LogP contribution in [0.5, 0.6) is 0 Å². The Balaban J connectivity index is 1.33. The normalized spacial score (nSPS) is 23.1. The molecular weight excluding hydrogens is 332 g/mol. The summed E-state index contributed by atoms with van der Waals surface area (Å²) < 4.78 is 0. The first-order valence-corrected chi connectivity index (χ1v) is 10.2. The molecule has 0 bridgehead atoms. The van der Waals surface area contributed by atoms with Crippen molar-refractivity contribution in [2.75, 3.05) is 0 Å². The quantitative estimate of drug-likeness (QED) is 0.564. The van der Waals surface area contributed by atoms with Crippen LogP contribution in [0.15, 0.2) is 59.7 Å². The largest absolute Gasteiger partial charge is 0.273 e. The van der Waals surface area contributed by atoms with Crippen LogP contribution < -0.4 is 5.43 Å². The molecule has 2 aromatic rings. The molecule has 2 saturated carbocycles. The van der Waals surface area contributed by atoms with Gasteiger partial charge in [-0.3, -0.25) is 4.79 Å². The summed E-state index contributed by atoms with van der Waals surface area (Å²) in [5, 5.41) is 4.34. The molecule has 4 rings (SSSR count). The minimum atomic E-state index is 0.0297. The average molecular weight is 361 g/mol. The Bertz CT molecular complexity index is 804. The van der Waals surface area contributed by atoms with E-state index in [-0.39, 0.29) is 11.8 Å². The van der Waals surface area contributed by atoms with Crippen molar-refractivity contribution in [3.05, 3.63) is 71.3 Å². The molecule has 1 amide bonds.